The van der Waals surface area contributed by atoms with Gasteiger partial charge in [0.25, 0.3) is 0 Å². The second-order valence-corrected chi connectivity index (χ2v) is 4.82. The van der Waals surface area contributed by atoms with Crippen molar-refractivity contribution in [2.24, 2.45) is 0 Å². The van der Waals surface area contributed by atoms with Crippen LogP contribution in [-0.4, -0.2) is 22.1 Å². The third-order valence-electron chi connectivity index (χ3n) is 1.92. The van der Waals surface area contributed by atoms with Crippen molar-refractivity contribution in [1.29, 1.82) is 0 Å². The molecule has 0 fully saturated rings. The van der Waals surface area contributed by atoms with Crippen LogP contribution >= 0.6 is 27.7 Å². The Hall–Kier alpha value is -1.34. The Morgan fingerprint density at radius 3 is 2.82 bits per heavy atom. The smallest absolute Gasteiger partial charge is 0.193 e. The fourth-order valence-corrected chi connectivity index (χ4v) is 2.51. The average molecular weight is 313 g/mol. The van der Waals surface area contributed by atoms with Crippen LogP contribution in [0.5, 0.6) is 5.75 Å². The monoisotopic (exact) mass is 312 g/mol. The summed E-state index contributed by atoms with van der Waals surface area (Å²) in [6.07, 6.45) is 3.11. The van der Waals surface area contributed by atoms with Gasteiger partial charge in [0.05, 0.1) is 11.6 Å². The zero-order valence-electron chi connectivity index (χ0n) is 8.92. The highest BCUT2D eigenvalue weighted by atomic mass is 79.9. The van der Waals surface area contributed by atoms with E-state index in [4.69, 9.17) is 10.5 Å². The Bertz CT molecular complexity index is 537. The Labute approximate surface area is 111 Å². The van der Waals surface area contributed by atoms with Crippen molar-refractivity contribution >= 4 is 33.5 Å². The topological polar surface area (TPSA) is 73.9 Å². The summed E-state index contributed by atoms with van der Waals surface area (Å²) in [5, 5.41) is 1.43. The Kier molecular flexibility index (Phi) is 3.80. The van der Waals surface area contributed by atoms with E-state index in [9.17, 15) is 0 Å². The number of pyridine rings is 1. The normalized spacial score (nSPS) is 10.2. The first kappa shape index (κ1) is 12.1. The van der Waals surface area contributed by atoms with Crippen molar-refractivity contribution in [2.75, 3.05) is 12.8 Å². The van der Waals surface area contributed by atoms with Gasteiger partial charge in [-0.05, 0) is 39.8 Å². The molecule has 5 nitrogen and oxygen atoms in total. The van der Waals surface area contributed by atoms with Crippen molar-refractivity contribution in [1.82, 2.24) is 15.0 Å². The Balaban J connectivity index is 2.37. The van der Waals surface area contributed by atoms with E-state index in [1.54, 1.807) is 6.20 Å². The van der Waals surface area contributed by atoms with Crippen molar-refractivity contribution in [3.05, 3.63) is 29.1 Å². The van der Waals surface area contributed by atoms with Gasteiger partial charge in [-0.25, -0.2) is 15.0 Å². The second-order valence-electron chi connectivity index (χ2n) is 2.99. The van der Waals surface area contributed by atoms with Gasteiger partial charge in [-0.15, -0.1) is 0 Å². The van der Waals surface area contributed by atoms with Crippen LogP contribution in [0.4, 0.5) is 5.82 Å². The summed E-state index contributed by atoms with van der Waals surface area (Å²) in [4.78, 5) is 12.2. The molecule has 17 heavy (non-hydrogen) atoms. The molecule has 0 aliphatic heterocycles. The van der Waals surface area contributed by atoms with Crippen LogP contribution in [0.3, 0.4) is 0 Å². The molecule has 0 spiro atoms. The summed E-state index contributed by atoms with van der Waals surface area (Å²) in [5.74, 6) is 0.784. The number of hydrogen-bond acceptors (Lipinski definition) is 6. The predicted octanol–water partition coefficient (Wildman–Crippen LogP) is 2.38. The van der Waals surface area contributed by atoms with E-state index in [0.717, 1.165) is 9.50 Å². The van der Waals surface area contributed by atoms with Crippen molar-refractivity contribution in [3.8, 4) is 5.75 Å². The zero-order chi connectivity index (χ0) is 12.3. The highest BCUT2D eigenvalue weighted by Crippen LogP contribution is 2.37. The van der Waals surface area contributed by atoms with Crippen LogP contribution in [0.2, 0.25) is 0 Å². The molecule has 0 aliphatic carbocycles. The first-order valence-electron chi connectivity index (χ1n) is 4.65. The maximum absolute atomic E-state index is 5.70. The van der Waals surface area contributed by atoms with Gasteiger partial charge in [-0.2, -0.15) is 0 Å². The lowest BCUT2D eigenvalue weighted by Crippen LogP contribution is -1.99. The molecule has 2 heterocycles. The molecule has 2 aromatic heterocycles. The molecule has 0 aliphatic rings. The van der Waals surface area contributed by atoms with E-state index in [1.807, 2.05) is 12.1 Å². The molecule has 7 heteroatoms. The van der Waals surface area contributed by atoms with Crippen LogP contribution in [0.1, 0.15) is 0 Å². The van der Waals surface area contributed by atoms with E-state index in [-0.39, 0.29) is 0 Å². The minimum Gasteiger partial charge on any atom is -0.490 e. The fraction of sp³-hybridized carbons (Fsp3) is 0.100. The van der Waals surface area contributed by atoms with Gasteiger partial charge >= 0.3 is 0 Å². The fourth-order valence-electron chi connectivity index (χ4n) is 1.17. The molecule has 0 unspecified atom stereocenters. The van der Waals surface area contributed by atoms with E-state index in [1.165, 1.54) is 25.2 Å². The maximum Gasteiger partial charge on any atom is 0.193 e. The summed E-state index contributed by atoms with van der Waals surface area (Å²) in [5.41, 5.74) is 5.70. The predicted molar refractivity (Wildman–Crippen MR) is 69.1 cm³/mol. The summed E-state index contributed by atoms with van der Waals surface area (Å²) < 4.78 is 6.07. The lowest BCUT2D eigenvalue weighted by atomic mass is 10.5. The molecule has 0 saturated heterocycles. The summed E-state index contributed by atoms with van der Waals surface area (Å²) in [7, 11) is 1.53. The zero-order valence-corrected chi connectivity index (χ0v) is 11.3. The number of anilines is 1. The van der Waals surface area contributed by atoms with E-state index in [2.05, 4.69) is 30.9 Å². The molecule has 88 valence electrons. The number of methoxy groups -OCH3 is 1. The minimum absolute atomic E-state index is 0.317. The summed E-state index contributed by atoms with van der Waals surface area (Å²) in [6, 6.07) is 3.76. The number of nitrogens with zero attached hydrogens (tertiary/aromatic N) is 3. The van der Waals surface area contributed by atoms with Gasteiger partial charge in [0.2, 0.25) is 0 Å². The highest BCUT2D eigenvalue weighted by molar-refractivity contribution is 9.10. The van der Waals surface area contributed by atoms with Gasteiger partial charge < -0.3 is 10.5 Å². The van der Waals surface area contributed by atoms with Crippen LogP contribution in [0.15, 0.2) is 39.2 Å². The largest absolute Gasteiger partial charge is 0.490 e. The quantitative estimate of drug-likeness (QED) is 0.877. The number of halogens is 1. The molecule has 0 aromatic carbocycles. The molecule has 0 bridgehead atoms. The minimum atomic E-state index is 0.317. The molecular formula is C10H9BrN4OS. The molecule has 0 amide bonds. The standard InChI is InChI=1S/C10H9BrN4OS/c1-16-7-8(12)14-5-15-10(7)17-9-6(11)3-2-4-13-9/h2-5H,1H3,(H2,12,14,15). The molecule has 0 atom stereocenters. The molecule has 2 aromatic rings. The Morgan fingerprint density at radius 2 is 2.12 bits per heavy atom. The number of aromatic nitrogens is 3. The average Bonchev–Trinajstić information content (AvgIpc) is 2.32. The first-order valence-corrected chi connectivity index (χ1v) is 6.26. The number of nitrogens with two attached hydrogens (primary N) is 1. The SMILES string of the molecule is COc1c(N)ncnc1Sc1ncccc1Br. The van der Waals surface area contributed by atoms with Gasteiger partial charge in [0.15, 0.2) is 11.6 Å². The summed E-state index contributed by atoms with van der Waals surface area (Å²) >= 11 is 4.79. The van der Waals surface area contributed by atoms with Crippen LogP contribution in [0.25, 0.3) is 0 Å². The lowest BCUT2D eigenvalue weighted by molar-refractivity contribution is 0.401. The van der Waals surface area contributed by atoms with E-state index < -0.39 is 0 Å². The van der Waals surface area contributed by atoms with Gasteiger partial charge in [-0.3, -0.25) is 0 Å². The molecule has 0 saturated carbocycles. The third kappa shape index (κ3) is 2.67. The maximum atomic E-state index is 5.70. The first-order chi connectivity index (χ1) is 8.22. The number of hydrogen-bond donors (Lipinski definition) is 1. The molecular weight excluding hydrogens is 304 g/mol. The molecule has 2 N–H and O–H groups in total. The van der Waals surface area contributed by atoms with Gasteiger partial charge in [0, 0.05) is 6.20 Å². The third-order valence-corrected chi connectivity index (χ3v) is 3.83. The lowest BCUT2D eigenvalue weighted by Gasteiger charge is -2.08. The van der Waals surface area contributed by atoms with Crippen LogP contribution in [0, 0.1) is 0 Å². The van der Waals surface area contributed by atoms with Crippen LogP contribution < -0.4 is 10.5 Å². The van der Waals surface area contributed by atoms with Gasteiger partial charge in [-0.1, -0.05) is 0 Å². The Morgan fingerprint density at radius 1 is 1.29 bits per heavy atom. The van der Waals surface area contributed by atoms with Gasteiger partial charge in [0.1, 0.15) is 16.4 Å². The highest BCUT2D eigenvalue weighted by Gasteiger charge is 2.13. The number of ether oxygens (including phenoxy) is 1. The van der Waals surface area contributed by atoms with Crippen LogP contribution in [-0.2, 0) is 0 Å². The van der Waals surface area contributed by atoms with E-state index in [0.29, 0.717) is 16.6 Å². The number of nitrogen functional groups attached to an aromatic ring is 1. The second kappa shape index (κ2) is 5.33. The van der Waals surface area contributed by atoms with E-state index >= 15 is 0 Å². The van der Waals surface area contributed by atoms with Crippen molar-refractivity contribution in [2.45, 2.75) is 10.1 Å². The number of rotatable bonds is 3. The van der Waals surface area contributed by atoms with Crippen molar-refractivity contribution in [3.63, 3.8) is 0 Å². The molecule has 0 radical (unpaired) electrons. The summed E-state index contributed by atoms with van der Waals surface area (Å²) in [6.45, 7) is 0. The van der Waals surface area contributed by atoms with Crippen molar-refractivity contribution < 1.29 is 4.74 Å². The molecule has 2 rings (SSSR count).